The Kier molecular flexibility index (Phi) is 7.49. The lowest BCUT2D eigenvalue weighted by Crippen LogP contribution is -2.62. The Bertz CT molecular complexity index is 1490. The van der Waals surface area contributed by atoms with Crippen LogP contribution in [0.4, 0.5) is 15.3 Å². The van der Waals surface area contributed by atoms with Gasteiger partial charge in [0.2, 0.25) is 5.91 Å². The number of fused-ring (bicyclic) bond motifs is 2. The minimum atomic E-state index is -1.62. The van der Waals surface area contributed by atoms with Crippen LogP contribution in [0.1, 0.15) is 48.7 Å². The van der Waals surface area contributed by atoms with Crippen LogP contribution in [0.2, 0.25) is 0 Å². The van der Waals surface area contributed by atoms with Gasteiger partial charge >= 0.3 is 12.2 Å². The van der Waals surface area contributed by atoms with Gasteiger partial charge in [0.15, 0.2) is 5.78 Å². The molecule has 3 amide bonds. The molecule has 0 saturated heterocycles. The first-order valence-electron chi connectivity index (χ1n) is 13.5. The number of amides is 3. The molecule has 0 saturated carbocycles. The molecule has 3 aromatic carbocycles. The maximum atomic E-state index is 14.6. The number of benzene rings is 3. The van der Waals surface area contributed by atoms with Gasteiger partial charge in [0.1, 0.15) is 17.6 Å². The van der Waals surface area contributed by atoms with Crippen molar-refractivity contribution in [2.45, 2.75) is 50.9 Å². The number of allylic oxidation sites excluding steroid dienone is 1. The largest absolute Gasteiger partial charge is 0.445 e. The van der Waals surface area contributed by atoms with Crippen LogP contribution in [0.3, 0.4) is 0 Å². The molecule has 5 rings (SSSR count). The van der Waals surface area contributed by atoms with E-state index in [0.29, 0.717) is 16.8 Å². The van der Waals surface area contributed by atoms with Crippen molar-refractivity contribution in [3.05, 3.63) is 114 Å². The Labute approximate surface area is 239 Å². The molecule has 1 spiro atoms. The molecular weight excluding hydrogens is 520 g/mol. The van der Waals surface area contributed by atoms with Gasteiger partial charge in [-0.2, -0.15) is 0 Å². The predicted octanol–water partition coefficient (Wildman–Crippen LogP) is 5.96. The number of para-hydroxylation sites is 1. The number of carbonyl (C=O) groups excluding carboxylic acids is 4. The van der Waals surface area contributed by atoms with Crippen LogP contribution in [0, 0.1) is 5.92 Å². The molecule has 0 unspecified atom stereocenters. The van der Waals surface area contributed by atoms with E-state index in [4.69, 9.17) is 9.47 Å². The van der Waals surface area contributed by atoms with Crippen molar-refractivity contribution in [2.75, 3.05) is 4.90 Å². The number of hydrogen-bond acceptors (Lipinski definition) is 6. The first kappa shape index (κ1) is 27.8. The van der Waals surface area contributed by atoms with E-state index in [1.807, 2.05) is 30.3 Å². The van der Waals surface area contributed by atoms with Gasteiger partial charge in [-0.15, -0.1) is 0 Å². The van der Waals surface area contributed by atoms with Gasteiger partial charge in [-0.05, 0) is 44.4 Å². The number of carbonyl (C=O) groups is 4. The zero-order valence-corrected chi connectivity index (χ0v) is 23.2. The third kappa shape index (κ3) is 5.25. The van der Waals surface area contributed by atoms with Crippen molar-refractivity contribution in [1.29, 1.82) is 0 Å². The zero-order chi connectivity index (χ0) is 29.2. The Hall–Kier alpha value is -4.72. The summed E-state index contributed by atoms with van der Waals surface area (Å²) in [4.78, 5) is 56.3. The highest BCUT2D eigenvalue weighted by Gasteiger charge is 2.64. The Morgan fingerprint density at radius 1 is 0.927 bits per heavy atom. The molecule has 8 nitrogen and oxygen atoms in total. The van der Waals surface area contributed by atoms with Gasteiger partial charge in [-0.1, -0.05) is 91.0 Å². The van der Waals surface area contributed by atoms with Crippen molar-refractivity contribution in [2.24, 2.45) is 5.92 Å². The summed E-state index contributed by atoms with van der Waals surface area (Å²) >= 11 is 0. The van der Waals surface area contributed by atoms with Crippen LogP contribution >= 0.6 is 0 Å². The average Bonchev–Trinajstić information content (AvgIpc) is 3.21. The lowest BCUT2D eigenvalue weighted by molar-refractivity contribution is -0.125. The zero-order valence-electron chi connectivity index (χ0n) is 23.2. The topological polar surface area (TPSA) is 102 Å². The first-order chi connectivity index (χ1) is 19.6. The van der Waals surface area contributed by atoms with E-state index in [1.165, 1.54) is 0 Å². The second kappa shape index (κ2) is 11.0. The number of ketones is 1. The molecule has 0 radical (unpaired) electrons. The van der Waals surface area contributed by atoms with Crippen LogP contribution in [-0.2, 0) is 26.3 Å². The number of rotatable bonds is 5. The van der Waals surface area contributed by atoms with Crippen molar-refractivity contribution in [3.8, 4) is 0 Å². The second-order valence-electron chi connectivity index (χ2n) is 11.1. The van der Waals surface area contributed by atoms with Gasteiger partial charge in [-0.3, -0.25) is 9.59 Å². The standard InChI is InChI=1S/C33H32N2O6/c1-32(2,3)41-31(39)35-26-19-11-10-17-24(26)33(29(35)37)25(28(36)23-15-8-5-9-16-23)18-12-20-27(33)34-30(38)40-21-22-13-6-4-7-14-22/h4-17,19-20,25,27H,18,21H2,1-3H3,(H,34,38)/t25-,27+,33-/m0/s1. The first-order valence-corrected chi connectivity index (χ1v) is 13.5. The monoisotopic (exact) mass is 552 g/mol. The van der Waals surface area contributed by atoms with Gasteiger partial charge in [0, 0.05) is 11.5 Å². The Balaban J connectivity index is 1.59. The average molecular weight is 553 g/mol. The number of imide groups is 1. The van der Waals surface area contributed by atoms with E-state index in [-0.39, 0.29) is 18.8 Å². The number of nitrogens with zero attached hydrogens (tertiary/aromatic N) is 1. The fourth-order valence-corrected chi connectivity index (χ4v) is 5.63. The molecule has 1 N–H and O–H groups in total. The maximum absolute atomic E-state index is 14.6. The number of hydrogen-bond donors (Lipinski definition) is 1. The molecule has 0 fully saturated rings. The summed E-state index contributed by atoms with van der Waals surface area (Å²) in [6.45, 7) is 5.17. The lowest BCUT2D eigenvalue weighted by atomic mass is 9.60. The predicted molar refractivity (Wildman–Crippen MR) is 153 cm³/mol. The van der Waals surface area contributed by atoms with E-state index in [9.17, 15) is 19.2 Å². The smallest absolute Gasteiger partial charge is 0.421 e. The van der Waals surface area contributed by atoms with Crippen molar-refractivity contribution in [1.82, 2.24) is 5.32 Å². The summed E-state index contributed by atoms with van der Waals surface area (Å²) in [7, 11) is 0. The fourth-order valence-electron chi connectivity index (χ4n) is 5.63. The fraction of sp³-hybridized carbons (Fsp3) is 0.273. The van der Waals surface area contributed by atoms with Crippen molar-refractivity contribution >= 4 is 29.6 Å². The molecule has 1 heterocycles. The summed E-state index contributed by atoms with van der Waals surface area (Å²) in [6.07, 6.45) is 2.11. The number of alkyl carbamates (subject to hydrolysis) is 1. The van der Waals surface area contributed by atoms with E-state index >= 15 is 0 Å². The highest BCUT2D eigenvalue weighted by Crippen LogP contribution is 2.52. The molecular formula is C33H32N2O6. The quantitative estimate of drug-likeness (QED) is 0.310. The van der Waals surface area contributed by atoms with Crippen LogP contribution < -0.4 is 10.2 Å². The van der Waals surface area contributed by atoms with Gasteiger partial charge in [-0.25, -0.2) is 14.5 Å². The second-order valence-corrected chi connectivity index (χ2v) is 11.1. The molecule has 2 aliphatic rings. The molecule has 1 aliphatic heterocycles. The summed E-state index contributed by atoms with van der Waals surface area (Å²) < 4.78 is 11.1. The minimum absolute atomic E-state index is 0.0249. The summed E-state index contributed by atoms with van der Waals surface area (Å²) in [5.41, 5.74) is -0.487. The minimum Gasteiger partial charge on any atom is -0.445 e. The molecule has 41 heavy (non-hydrogen) atoms. The highest BCUT2D eigenvalue weighted by molar-refractivity contribution is 6.23. The van der Waals surface area contributed by atoms with Gasteiger partial charge in [0.05, 0.1) is 11.7 Å². The molecule has 3 aromatic rings. The third-order valence-corrected chi connectivity index (χ3v) is 7.33. The molecule has 3 atom stereocenters. The van der Waals surface area contributed by atoms with Gasteiger partial charge in [0.25, 0.3) is 0 Å². The van der Waals surface area contributed by atoms with E-state index in [1.54, 1.807) is 87.5 Å². The molecule has 8 heteroatoms. The lowest BCUT2D eigenvalue weighted by Gasteiger charge is -2.42. The SMILES string of the molecule is CC(C)(C)OC(=O)N1C(=O)[C@]2(c3ccccc31)[C@H](NC(=O)OCc1ccccc1)C=CC[C@H]2C(=O)c1ccccc1. The van der Waals surface area contributed by atoms with E-state index < -0.39 is 41.1 Å². The van der Waals surface area contributed by atoms with Crippen LogP contribution in [-0.4, -0.2) is 35.5 Å². The van der Waals surface area contributed by atoms with Crippen LogP contribution in [0.25, 0.3) is 0 Å². The van der Waals surface area contributed by atoms with Crippen LogP contribution in [0.15, 0.2) is 97.1 Å². The third-order valence-electron chi connectivity index (χ3n) is 7.33. The molecule has 0 bridgehead atoms. The normalized spacial score (nSPS) is 21.3. The summed E-state index contributed by atoms with van der Waals surface area (Å²) in [5.74, 6) is -1.83. The Morgan fingerprint density at radius 2 is 1.56 bits per heavy atom. The molecule has 1 aliphatic carbocycles. The van der Waals surface area contributed by atoms with Crippen molar-refractivity contribution in [3.63, 3.8) is 0 Å². The molecule has 0 aromatic heterocycles. The number of ether oxygens (including phenoxy) is 2. The van der Waals surface area contributed by atoms with E-state index in [0.717, 1.165) is 10.5 Å². The maximum Gasteiger partial charge on any atom is 0.421 e. The van der Waals surface area contributed by atoms with E-state index in [2.05, 4.69) is 5.32 Å². The molecule has 210 valence electrons. The summed E-state index contributed by atoms with van der Waals surface area (Å²) in [5, 5.41) is 2.84. The Morgan fingerprint density at radius 3 is 2.24 bits per heavy atom. The highest BCUT2D eigenvalue weighted by atomic mass is 16.6. The van der Waals surface area contributed by atoms with Crippen molar-refractivity contribution < 1.29 is 28.7 Å². The van der Waals surface area contributed by atoms with Crippen LogP contribution in [0.5, 0.6) is 0 Å². The number of anilines is 1. The summed E-state index contributed by atoms with van der Waals surface area (Å²) in [6, 6.07) is 23.8. The van der Waals surface area contributed by atoms with Gasteiger partial charge < -0.3 is 14.8 Å². The number of nitrogens with one attached hydrogen (secondary N) is 1. The number of Topliss-reactive ketones (excluding diaryl/α,β-unsaturated/α-hetero) is 1.